The fourth-order valence-corrected chi connectivity index (χ4v) is 15.5. The van der Waals surface area contributed by atoms with E-state index >= 15 is 0 Å². The van der Waals surface area contributed by atoms with Crippen molar-refractivity contribution in [2.24, 2.45) is 0 Å². The zero-order valence-electron chi connectivity index (χ0n) is 72.2. The van der Waals surface area contributed by atoms with Crippen LogP contribution >= 0.6 is 0 Å². The highest BCUT2D eigenvalue weighted by atomic mass is 16.4. The van der Waals surface area contributed by atoms with Crippen LogP contribution in [-0.4, -0.2) is 105 Å². The molecule has 12 aromatic heterocycles. The van der Waals surface area contributed by atoms with Crippen molar-refractivity contribution in [3.05, 3.63) is 200 Å². The summed E-state index contributed by atoms with van der Waals surface area (Å²) in [5.74, 6) is 3.58. The zero-order chi connectivity index (χ0) is 83.5. The second kappa shape index (κ2) is 26.0. The van der Waals surface area contributed by atoms with Gasteiger partial charge in [-0.1, -0.05) is 48.5 Å². The van der Waals surface area contributed by atoms with Crippen molar-refractivity contribution in [3.8, 4) is 0 Å². The molecule has 4 aromatic carbocycles. The largest absolute Gasteiger partial charge is 0.435 e. The molecule has 6 atom stereocenters. The maximum Gasteiger partial charge on any atom is 0.227 e. The first-order chi connectivity index (χ1) is 56.0. The third kappa shape index (κ3) is 10.5. The van der Waals surface area contributed by atoms with Crippen LogP contribution in [0.2, 0.25) is 0 Å². The molecule has 0 spiro atoms. The number of hydrogen-bond acceptors (Lipinski definition) is 23. The first-order valence-electron chi connectivity index (χ1n) is 40.8. The van der Waals surface area contributed by atoms with Crippen molar-refractivity contribution in [2.75, 3.05) is 46.2 Å². The van der Waals surface area contributed by atoms with Crippen molar-refractivity contribution >= 4 is 157 Å². The average Bonchev–Trinajstić information content (AvgIpc) is 1.57. The van der Waals surface area contributed by atoms with Gasteiger partial charge < -0.3 is 42.2 Å². The van der Waals surface area contributed by atoms with E-state index in [1.807, 2.05) is 172 Å². The molecule has 20 rings (SSSR count). The van der Waals surface area contributed by atoms with Gasteiger partial charge in [-0.3, -0.25) is 14.7 Å². The Bertz CT molecular complexity index is 6250. The monoisotopic (exact) mass is 1420 g/mol. The van der Waals surface area contributed by atoms with E-state index in [4.69, 9.17) is 34.1 Å². The van der Waals surface area contributed by atoms with Crippen LogP contribution in [0.1, 0.15) is 108 Å². The highest BCUT2D eigenvalue weighted by molar-refractivity contribution is 6.13. The number of anilines is 12. The van der Waals surface area contributed by atoms with E-state index in [2.05, 4.69) is 85.7 Å². The molecule has 532 valence electrons. The third-order valence-electron chi connectivity index (χ3n) is 20.1. The molecule has 23 heteroatoms. The predicted molar refractivity (Wildman–Crippen MR) is 423 cm³/mol. The molecule has 0 aliphatic carbocycles. The molecule has 0 amide bonds. The number of nitrogens with zero attached hydrogens (tertiary/aromatic N) is 19. The number of aromatic nitrogens is 11. The van der Waals surface area contributed by atoms with Crippen LogP contribution in [0, 0.1) is 27.7 Å². The van der Waals surface area contributed by atoms with Crippen LogP contribution in [0.3, 0.4) is 0 Å². The Kier molecular flexibility index (Phi) is 13.3. The minimum absolute atomic E-state index is 0.143. The topological polar surface area (TPSA) is 220 Å². The van der Waals surface area contributed by atoms with Gasteiger partial charge >= 0.3 is 0 Å². The van der Waals surface area contributed by atoms with Gasteiger partial charge in [-0.15, -0.1) is 0 Å². The molecule has 16 heterocycles. The number of furan rings is 4. The lowest BCUT2D eigenvalue weighted by Crippen LogP contribution is -2.42. The average molecular weight is 1420 g/mol. The number of fused-ring (bicyclic) bond motifs is 16. The maximum absolute atomic E-state index is 8.76. The molecule has 0 saturated heterocycles. The van der Waals surface area contributed by atoms with Crippen LogP contribution in [0.4, 0.5) is 69.2 Å². The molecule has 0 radical (unpaired) electrons. The lowest BCUT2D eigenvalue weighted by molar-refractivity contribution is 0.597. The summed E-state index contributed by atoms with van der Waals surface area (Å²) < 4.78 is 123. The number of hydrogen-bond donors (Lipinski definition) is 0. The van der Waals surface area contributed by atoms with Crippen LogP contribution in [0.15, 0.2) is 195 Å². The number of benzene rings is 4. The molecule has 23 nitrogen and oxygen atoms in total. The first kappa shape index (κ1) is 54.2. The Hall–Kier alpha value is -12.5. The highest BCUT2D eigenvalue weighted by Crippen LogP contribution is 2.52. The van der Waals surface area contributed by atoms with Crippen LogP contribution in [-0.2, 0) is 0 Å². The van der Waals surface area contributed by atoms with Crippen molar-refractivity contribution in [2.45, 2.75) is 140 Å². The van der Waals surface area contributed by atoms with Crippen molar-refractivity contribution < 1.29 is 34.1 Å². The predicted octanol–water partition coefficient (Wildman–Crippen LogP) is 19.0. The Morgan fingerprint density at radius 1 is 0.311 bits per heavy atom. The van der Waals surface area contributed by atoms with Gasteiger partial charge in [0.25, 0.3) is 0 Å². The maximum atomic E-state index is 8.76. The van der Waals surface area contributed by atoms with Crippen LogP contribution in [0.25, 0.3) is 88.3 Å². The second-order valence-corrected chi connectivity index (χ2v) is 26.8. The normalized spacial score (nSPS) is 20.0. The minimum Gasteiger partial charge on any atom is -0.435 e. The molecule has 0 fully saturated rings. The van der Waals surface area contributed by atoms with Gasteiger partial charge in [0.1, 0.15) is 24.7 Å². The second-order valence-electron chi connectivity index (χ2n) is 26.8. The Balaban J connectivity index is 0.000000113. The van der Waals surface area contributed by atoms with Crippen LogP contribution < -0.4 is 39.2 Å². The van der Waals surface area contributed by atoms with Gasteiger partial charge in [-0.2, -0.15) is 0 Å². The molecule has 4 aliphatic rings. The van der Waals surface area contributed by atoms with E-state index in [0.29, 0.717) is 74.5 Å². The van der Waals surface area contributed by atoms with Gasteiger partial charge in [0.15, 0.2) is 63.1 Å². The highest BCUT2D eigenvalue weighted by Gasteiger charge is 2.43. The standard InChI is InChI=1S/C22H22N4O.2C21H21N5O.C19H17N5O/c1-13(2)25-15(4)26(18-8-6-11-23-21(18)25)19-14(3)9-10-16-17-7-5-12-24-22(17)27-20(16)19;2*1-12(2)25-14(4)26(20-19(25)22-10-11-23-20)17-13(3)7-8-15-16-6-5-9-24-21(16)27-18(15)17;1-11-6-7-13-14-5-4-8-22-19(14)25-16(13)15(11)24-12(2)23(3)17-18(24)21-10-9-20-17/h5-13,15H,1-4H3;2*5-12,14H,1-4H3;4-10,12H,1-3H3/i1D3,13D;1D3,12D;12D;3D3. The van der Waals surface area contributed by atoms with Gasteiger partial charge in [0.2, 0.25) is 22.9 Å². The molecule has 16 aromatic rings. The summed E-state index contributed by atoms with van der Waals surface area (Å²) in [5, 5.41) is 7.50. The lowest BCUT2D eigenvalue weighted by atomic mass is 10.1. The fourth-order valence-electron chi connectivity index (χ4n) is 15.5. The molecular weight excluding hydrogens is 1330 g/mol. The molecule has 106 heavy (non-hydrogen) atoms. The Morgan fingerprint density at radius 3 is 0.972 bits per heavy atom. The minimum atomic E-state index is -2.56. The fraction of sp³-hybridized carbons (Fsp3) is 0.265. The molecule has 0 saturated carbocycles. The van der Waals surface area contributed by atoms with E-state index in [-0.39, 0.29) is 6.17 Å². The molecule has 4 aliphatic heterocycles. The summed E-state index contributed by atoms with van der Waals surface area (Å²) in [6, 6.07) is 30.7. The Labute approximate surface area is 629 Å². The number of aryl methyl sites for hydroxylation is 4. The molecule has 0 bridgehead atoms. The van der Waals surface area contributed by atoms with E-state index in [1.54, 1.807) is 60.7 Å². The van der Waals surface area contributed by atoms with Crippen molar-refractivity contribution in [1.29, 1.82) is 0 Å². The molecule has 6 unspecified atom stereocenters. The van der Waals surface area contributed by atoms with Gasteiger partial charge in [-0.25, -0.2) is 54.8 Å². The summed E-state index contributed by atoms with van der Waals surface area (Å²) in [6.07, 6.45) is 16.3. The summed E-state index contributed by atoms with van der Waals surface area (Å²) >= 11 is 0. The smallest absolute Gasteiger partial charge is 0.227 e. The Morgan fingerprint density at radius 2 is 0.604 bits per heavy atom. The van der Waals surface area contributed by atoms with Crippen molar-refractivity contribution in [1.82, 2.24) is 54.8 Å². The van der Waals surface area contributed by atoms with Gasteiger partial charge in [-0.05, 0) is 180 Å². The van der Waals surface area contributed by atoms with Gasteiger partial charge in [0, 0.05) is 149 Å². The van der Waals surface area contributed by atoms with Crippen molar-refractivity contribution in [3.63, 3.8) is 0 Å². The zero-order valence-corrected chi connectivity index (χ0v) is 60.2. The van der Waals surface area contributed by atoms with E-state index < -0.39 is 57.2 Å². The summed E-state index contributed by atoms with van der Waals surface area (Å²) in [4.78, 5) is 63.0. The summed E-state index contributed by atoms with van der Waals surface area (Å²) in [6.45, 7) is 14.7. The number of rotatable bonds is 7. The molecular formula is C83H81N19O4. The SMILES string of the molecule is [2H]C(C)(C)N1c2nccnc2N(c2c(C)ccc3c2oc2ncccc23)C1C.[2H]C([2H])([2H])C([2H])(C)N1c2ncccc2N(c2c(C)ccc3c2oc2ncccc23)C1C.[2H]C([2H])([2H])C([2H])(C)N1c2nccnc2N(c2c(C)ccc3c2oc2ncccc23)C1C.[2H]C([2H])([2H])N1c2nccnc2N(c2c(C)ccc3c2oc2ncccc23)C1C. The summed E-state index contributed by atoms with van der Waals surface area (Å²) in [5.41, 5.74) is 12.9. The van der Waals surface area contributed by atoms with Gasteiger partial charge in [0.05, 0.1) is 32.5 Å². The van der Waals surface area contributed by atoms with E-state index in [0.717, 1.165) is 105 Å². The quantitative estimate of drug-likeness (QED) is 0.145. The first-order valence-corrected chi connectivity index (χ1v) is 34.8. The number of pyridine rings is 5. The lowest BCUT2D eigenvalue weighted by Gasteiger charge is -2.33. The van der Waals surface area contributed by atoms with E-state index in [9.17, 15) is 0 Å². The third-order valence-corrected chi connectivity index (χ3v) is 20.1. The van der Waals surface area contributed by atoms with Crippen LogP contribution in [0.5, 0.6) is 0 Å². The molecule has 0 N–H and O–H groups in total. The van der Waals surface area contributed by atoms with E-state index in [1.165, 1.54) is 36.0 Å². The summed E-state index contributed by atoms with van der Waals surface area (Å²) in [7, 11) is 0.